The molecular formula is C12H16N4O3S. The summed E-state index contributed by atoms with van der Waals surface area (Å²) in [6, 6.07) is 6.38. The fourth-order valence-electron chi connectivity index (χ4n) is 1.77. The number of aromatic nitrogens is 3. The van der Waals surface area contributed by atoms with E-state index in [1.54, 1.807) is 19.1 Å². The van der Waals surface area contributed by atoms with Gasteiger partial charge in [0.25, 0.3) is 10.0 Å². The maximum Gasteiger partial charge on any atom is 0.266 e. The molecule has 7 nitrogen and oxygen atoms in total. The molecule has 108 valence electrons. The Morgan fingerprint density at radius 3 is 2.75 bits per heavy atom. The molecular weight excluding hydrogens is 280 g/mol. The summed E-state index contributed by atoms with van der Waals surface area (Å²) >= 11 is 0. The lowest BCUT2D eigenvalue weighted by molar-refractivity contribution is 0.339. The van der Waals surface area contributed by atoms with Crippen LogP contribution in [-0.2, 0) is 10.0 Å². The van der Waals surface area contributed by atoms with Crippen molar-refractivity contribution in [2.75, 3.05) is 17.5 Å². The van der Waals surface area contributed by atoms with Crippen molar-refractivity contribution in [2.24, 2.45) is 0 Å². The summed E-state index contributed by atoms with van der Waals surface area (Å²) in [5, 5.41) is 6.24. The van der Waals surface area contributed by atoms with Gasteiger partial charge in [-0.3, -0.25) is 0 Å². The van der Waals surface area contributed by atoms with Crippen LogP contribution in [0.3, 0.4) is 0 Å². The molecule has 0 atom stereocenters. The van der Waals surface area contributed by atoms with Gasteiger partial charge in [-0.15, -0.1) is 0 Å². The Bertz CT molecular complexity index is 655. The predicted molar refractivity (Wildman–Crippen MR) is 74.2 cm³/mol. The molecule has 20 heavy (non-hydrogen) atoms. The van der Waals surface area contributed by atoms with E-state index in [4.69, 9.17) is 4.74 Å². The van der Waals surface area contributed by atoms with E-state index in [1.165, 1.54) is 18.5 Å². The van der Waals surface area contributed by atoms with Crippen LogP contribution in [0.25, 0.3) is 0 Å². The summed E-state index contributed by atoms with van der Waals surface area (Å²) in [7, 11) is -3.70. The molecule has 0 amide bonds. The first-order valence-electron chi connectivity index (χ1n) is 6.20. The van der Waals surface area contributed by atoms with Crippen molar-refractivity contribution >= 4 is 16.0 Å². The van der Waals surface area contributed by atoms with Crippen LogP contribution in [-0.4, -0.2) is 36.8 Å². The van der Waals surface area contributed by atoms with Gasteiger partial charge in [0.05, 0.1) is 11.5 Å². The molecule has 1 N–H and O–H groups in total. The third-order valence-corrected chi connectivity index (χ3v) is 4.49. The Kier molecular flexibility index (Phi) is 4.23. The summed E-state index contributed by atoms with van der Waals surface area (Å²) in [4.78, 5) is 4.04. The molecule has 0 unspecified atom stereocenters. The summed E-state index contributed by atoms with van der Waals surface area (Å²) in [6.45, 7) is 4.29. The first-order chi connectivity index (χ1) is 9.59. The highest BCUT2D eigenvalue weighted by Crippen LogP contribution is 2.23. The molecule has 2 aromatic rings. The maximum absolute atomic E-state index is 12.6. The van der Waals surface area contributed by atoms with Crippen molar-refractivity contribution in [3.8, 4) is 5.75 Å². The third-order valence-electron chi connectivity index (χ3n) is 2.63. The monoisotopic (exact) mass is 296 g/mol. The van der Waals surface area contributed by atoms with Crippen LogP contribution in [0.1, 0.15) is 13.8 Å². The van der Waals surface area contributed by atoms with Gasteiger partial charge in [0.1, 0.15) is 12.1 Å². The zero-order chi connectivity index (χ0) is 14.6. The van der Waals surface area contributed by atoms with E-state index in [0.717, 1.165) is 4.31 Å². The van der Waals surface area contributed by atoms with E-state index in [2.05, 4.69) is 15.2 Å². The van der Waals surface area contributed by atoms with Gasteiger partial charge >= 0.3 is 0 Å². The Labute approximate surface area is 117 Å². The number of aromatic amines is 1. The second-order valence-corrected chi connectivity index (χ2v) is 5.75. The molecule has 0 aliphatic heterocycles. The standard InChI is InChI=1S/C12H16N4O3S/c1-3-16(12-13-9-14-15-12)20(17,18)11-7-5-6-10(8-11)19-4-2/h5-9H,3-4H2,1-2H3,(H,13,14,15). The summed E-state index contributed by atoms with van der Waals surface area (Å²) in [6.07, 6.45) is 1.27. The largest absolute Gasteiger partial charge is 0.494 e. The highest BCUT2D eigenvalue weighted by molar-refractivity contribution is 7.92. The van der Waals surface area contributed by atoms with Gasteiger partial charge in [0.2, 0.25) is 5.95 Å². The zero-order valence-electron chi connectivity index (χ0n) is 11.3. The Hall–Kier alpha value is -2.09. The van der Waals surface area contributed by atoms with Crippen molar-refractivity contribution in [1.82, 2.24) is 15.2 Å². The van der Waals surface area contributed by atoms with Crippen molar-refractivity contribution in [3.05, 3.63) is 30.6 Å². The predicted octanol–water partition coefficient (Wildman–Crippen LogP) is 1.42. The first-order valence-corrected chi connectivity index (χ1v) is 7.64. The number of nitrogens with one attached hydrogen (secondary N) is 1. The minimum Gasteiger partial charge on any atom is -0.494 e. The Balaban J connectivity index is 2.41. The van der Waals surface area contributed by atoms with Gasteiger partial charge in [-0.1, -0.05) is 6.07 Å². The molecule has 0 saturated carbocycles. The fourth-order valence-corrected chi connectivity index (χ4v) is 3.20. The molecule has 0 saturated heterocycles. The van der Waals surface area contributed by atoms with Crippen LogP contribution in [0, 0.1) is 0 Å². The topological polar surface area (TPSA) is 88.2 Å². The molecule has 8 heteroatoms. The Morgan fingerprint density at radius 2 is 2.15 bits per heavy atom. The molecule has 1 aromatic heterocycles. The van der Waals surface area contributed by atoms with Crippen LogP contribution in [0.15, 0.2) is 35.5 Å². The van der Waals surface area contributed by atoms with E-state index >= 15 is 0 Å². The van der Waals surface area contributed by atoms with Gasteiger partial charge in [-0.05, 0) is 26.0 Å². The number of benzene rings is 1. The summed E-state index contributed by atoms with van der Waals surface area (Å²) in [5.41, 5.74) is 0. The average Bonchev–Trinajstić information content (AvgIpc) is 2.94. The average molecular weight is 296 g/mol. The van der Waals surface area contributed by atoms with E-state index in [-0.39, 0.29) is 17.4 Å². The Morgan fingerprint density at radius 1 is 1.35 bits per heavy atom. The van der Waals surface area contributed by atoms with Crippen LogP contribution < -0.4 is 9.04 Å². The number of ether oxygens (including phenoxy) is 1. The minimum absolute atomic E-state index is 0.154. The highest BCUT2D eigenvalue weighted by Gasteiger charge is 2.25. The number of hydrogen-bond donors (Lipinski definition) is 1. The van der Waals surface area contributed by atoms with E-state index in [9.17, 15) is 8.42 Å². The molecule has 1 aromatic carbocycles. The molecule has 0 fully saturated rings. The normalized spacial score (nSPS) is 11.3. The van der Waals surface area contributed by atoms with Crippen molar-refractivity contribution in [3.63, 3.8) is 0 Å². The molecule has 0 spiro atoms. The van der Waals surface area contributed by atoms with Crippen LogP contribution in [0.5, 0.6) is 5.75 Å². The number of rotatable bonds is 6. The number of anilines is 1. The molecule has 0 radical (unpaired) electrons. The van der Waals surface area contributed by atoms with E-state index < -0.39 is 10.0 Å². The fraction of sp³-hybridized carbons (Fsp3) is 0.333. The van der Waals surface area contributed by atoms with E-state index in [0.29, 0.717) is 12.4 Å². The van der Waals surface area contributed by atoms with Gasteiger partial charge < -0.3 is 4.74 Å². The minimum atomic E-state index is -3.70. The number of hydrogen-bond acceptors (Lipinski definition) is 5. The molecule has 0 aliphatic rings. The van der Waals surface area contributed by atoms with Gasteiger partial charge in [-0.2, -0.15) is 10.1 Å². The van der Waals surface area contributed by atoms with Crippen molar-refractivity contribution in [1.29, 1.82) is 0 Å². The highest BCUT2D eigenvalue weighted by atomic mass is 32.2. The zero-order valence-corrected chi connectivity index (χ0v) is 12.1. The molecule has 0 aliphatic carbocycles. The second kappa shape index (κ2) is 5.91. The lowest BCUT2D eigenvalue weighted by Crippen LogP contribution is -2.31. The molecule has 2 rings (SSSR count). The number of sulfonamides is 1. The molecule has 1 heterocycles. The lowest BCUT2D eigenvalue weighted by atomic mass is 10.3. The smallest absolute Gasteiger partial charge is 0.266 e. The third kappa shape index (κ3) is 2.74. The number of H-pyrrole nitrogens is 1. The quantitative estimate of drug-likeness (QED) is 0.871. The summed E-state index contributed by atoms with van der Waals surface area (Å²) in [5.74, 6) is 0.705. The van der Waals surface area contributed by atoms with Crippen LogP contribution in [0.4, 0.5) is 5.95 Å². The second-order valence-electron chi connectivity index (χ2n) is 3.89. The SMILES string of the molecule is CCOc1cccc(S(=O)(=O)N(CC)c2ncn[nH]2)c1. The van der Waals surface area contributed by atoms with Crippen molar-refractivity contribution < 1.29 is 13.2 Å². The van der Waals surface area contributed by atoms with Gasteiger partial charge in [0.15, 0.2) is 0 Å². The maximum atomic E-state index is 12.6. The molecule has 0 bridgehead atoms. The van der Waals surface area contributed by atoms with Gasteiger partial charge in [0, 0.05) is 12.6 Å². The first kappa shape index (κ1) is 14.3. The summed E-state index contributed by atoms with van der Waals surface area (Å²) < 4.78 is 31.7. The number of nitrogens with zero attached hydrogens (tertiary/aromatic N) is 3. The van der Waals surface area contributed by atoms with Crippen molar-refractivity contribution in [2.45, 2.75) is 18.7 Å². The van der Waals surface area contributed by atoms with Gasteiger partial charge in [-0.25, -0.2) is 17.8 Å². The van der Waals surface area contributed by atoms with E-state index in [1.807, 2.05) is 6.92 Å². The van der Waals surface area contributed by atoms with Crippen LogP contribution >= 0.6 is 0 Å². The van der Waals surface area contributed by atoms with Crippen LogP contribution in [0.2, 0.25) is 0 Å². The lowest BCUT2D eigenvalue weighted by Gasteiger charge is -2.19.